The molecular weight excluding hydrogens is 352 g/mol. The zero-order valence-corrected chi connectivity index (χ0v) is 14.4. The van der Waals surface area contributed by atoms with Gasteiger partial charge in [0, 0.05) is 6.42 Å². The first-order chi connectivity index (χ1) is 13.0. The van der Waals surface area contributed by atoms with Crippen LogP contribution < -0.4 is 4.90 Å². The van der Waals surface area contributed by atoms with E-state index in [2.05, 4.69) is 0 Å². The van der Waals surface area contributed by atoms with Crippen LogP contribution in [0.5, 0.6) is 0 Å². The molecule has 0 radical (unpaired) electrons. The van der Waals surface area contributed by atoms with E-state index in [1.165, 1.54) is 11.2 Å². The quantitative estimate of drug-likeness (QED) is 0.745. The molecule has 3 rings (SSSR count). The van der Waals surface area contributed by atoms with Crippen molar-refractivity contribution < 1.29 is 28.7 Å². The highest BCUT2D eigenvalue weighted by atomic mass is 16.4. The molecule has 1 aliphatic rings. The molecule has 2 aromatic rings. The third-order valence-electron chi connectivity index (χ3n) is 4.29. The van der Waals surface area contributed by atoms with E-state index in [1.807, 2.05) is 0 Å². The van der Waals surface area contributed by atoms with E-state index in [4.69, 9.17) is 9.52 Å². The van der Waals surface area contributed by atoms with Gasteiger partial charge in [-0.25, -0.2) is 4.90 Å². The molecule has 3 amide bonds. The van der Waals surface area contributed by atoms with Crippen LogP contribution in [0.4, 0.5) is 5.69 Å². The molecule has 27 heavy (non-hydrogen) atoms. The summed E-state index contributed by atoms with van der Waals surface area (Å²) >= 11 is 0. The molecule has 1 aliphatic heterocycles. The predicted octanol–water partition coefficient (Wildman–Crippen LogP) is 1.81. The first kappa shape index (κ1) is 18.4. The minimum atomic E-state index is -1.11. The Balaban J connectivity index is 1.85. The van der Waals surface area contributed by atoms with Gasteiger partial charge in [-0.05, 0) is 24.3 Å². The number of benzene rings is 1. The summed E-state index contributed by atoms with van der Waals surface area (Å²) in [7, 11) is 0. The Morgan fingerprint density at radius 1 is 1.11 bits per heavy atom. The number of carboxylic acid groups (broad SMARTS) is 1. The van der Waals surface area contributed by atoms with E-state index in [0.29, 0.717) is 11.4 Å². The summed E-state index contributed by atoms with van der Waals surface area (Å²) in [5, 5.41) is 8.83. The molecule has 1 atom stereocenters. The standard InChI is InChI=1S/C19H18N2O6/c22-16(8-9-18(24)25)20(12-14-7-4-10-27-14)15-11-17(23)21(19(15)26)13-5-2-1-3-6-13/h1-7,10,15H,8-9,11-12H2,(H,24,25)/t15-/m1/s1. The number of imide groups is 1. The Morgan fingerprint density at radius 2 is 1.85 bits per heavy atom. The number of anilines is 1. The molecule has 140 valence electrons. The van der Waals surface area contributed by atoms with Crippen LogP contribution in [0.2, 0.25) is 0 Å². The summed E-state index contributed by atoms with van der Waals surface area (Å²) in [5.41, 5.74) is 0.436. The number of aliphatic carboxylic acids is 1. The van der Waals surface area contributed by atoms with Gasteiger partial charge in [0.05, 0.1) is 31.3 Å². The molecular formula is C19H18N2O6. The van der Waals surface area contributed by atoms with Crippen molar-refractivity contribution in [2.75, 3.05) is 4.90 Å². The van der Waals surface area contributed by atoms with Crippen molar-refractivity contribution in [3.8, 4) is 0 Å². The van der Waals surface area contributed by atoms with Crippen LogP contribution in [-0.4, -0.2) is 39.7 Å². The first-order valence-electron chi connectivity index (χ1n) is 8.43. The van der Waals surface area contributed by atoms with E-state index < -0.39 is 29.7 Å². The fourth-order valence-corrected chi connectivity index (χ4v) is 3.01. The normalized spacial score (nSPS) is 16.6. The monoisotopic (exact) mass is 370 g/mol. The minimum absolute atomic E-state index is 0.0161. The Kier molecular flexibility index (Phi) is 5.35. The Labute approximate surface area is 155 Å². The van der Waals surface area contributed by atoms with Crippen molar-refractivity contribution >= 4 is 29.4 Å². The van der Waals surface area contributed by atoms with E-state index in [-0.39, 0.29) is 25.8 Å². The van der Waals surface area contributed by atoms with Crippen molar-refractivity contribution in [1.29, 1.82) is 0 Å². The number of carboxylic acids is 1. The number of rotatable bonds is 7. The number of carbonyl (C=O) groups is 4. The summed E-state index contributed by atoms with van der Waals surface area (Å²) in [6.45, 7) is -0.0161. The molecule has 8 heteroatoms. The van der Waals surface area contributed by atoms with Gasteiger partial charge in [0.2, 0.25) is 11.8 Å². The smallest absolute Gasteiger partial charge is 0.303 e. The molecule has 0 saturated carbocycles. The Morgan fingerprint density at radius 3 is 2.48 bits per heavy atom. The molecule has 2 heterocycles. The number of amides is 3. The fraction of sp³-hybridized carbons (Fsp3) is 0.263. The lowest BCUT2D eigenvalue weighted by molar-refractivity contribution is -0.143. The molecule has 0 bridgehead atoms. The second kappa shape index (κ2) is 7.86. The third kappa shape index (κ3) is 4.05. The van der Waals surface area contributed by atoms with Crippen molar-refractivity contribution in [3.05, 3.63) is 54.5 Å². The maximum Gasteiger partial charge on any atom is 0.303 e. The number of hydrogen-bond acceptors (Lipinski definition) is 5. The molecule has 1 N–H and O–H groups in total. The van der Waals surface area contributed by atoms with Crippen molar-refractivity contribution in [2.45, 2.75) is 31.8 Å². The van der Waals surface area contributed by atoms with Crippen LogP contribution >= 0.6 is 0 Å². The number of nitrogens with zero attached hydrogens (tertiary/aromatic N) is 2. The number of hydrogen-bond donors (Lipinski definition) is 1. The lowest BCUT2D eigenvalue weighted by atomic mass is 10.1. The van der Waals surface area contributed by atoms with Crippen molar-refractivity contribution in [3.63, 3.8) is 0 Å². The lowest BCUT2D eigenvalue weighted by Gasteiger charge is -2.26. The maximum absolute atomic E-state index is 12.9. The largest absolute Gasteiger partial charge is 0.481 e. The molecule has 1 saturated heterocycles. The summed E-state index contributed by atoms with van der Waals surface area (Å²) in [6, 6.07) is 10.8. The number of furan rings is 1. The second-order valence-corrected chi connectivity index (χ2v) is 6.12. The fourth-order valence-electron chi connectivity index (χ4n) is 3.01. The van der Waals surface area contributed by atoms with E-state index in [0.717, 1.165) is 4.90 Å². The molecule has 0 aliphatic carbocycles. The Bertz CT molecular complexity index is 846. The SMILES string of the molecule is O=C(O)CCC(=O)N(Cc1ccco1)[C@@H]1CC(=O)N(c2ccccc2)C1=O. The molecule has 0 unspecified atom stereocenters. The van der Waals surface area contributed by atoms with Crippen molar-refractivity contribution in [2.24, 2.45) is 0 Å². The summed E-state index contributed by atoms with van der Waals surface area (Å²) < 4.78 is 5.25. The predicted molar refractivity (Wildman–Crippen MR) is 93.5 cm³/mol. The molecule has 1 aromatic carbocycles. The summed E-state index contributed by atoms with van der Waals surface area (Å²) in [5.74, 6) is -2.11. The average Bonchev–Trinajstić information content (AvgIpc) is 3.26. The van der Waals surface area contributed by atoms with Gasteiger partial charge in [-0.2, -0.15) is 0 Å². The van der Waals surface area contributed by atoms with Crippen molar-refractivity contribution in [1.82, 2.24) is 4.90 Å². The van der Waals surface area contributed by atoms with Crippen LogP contribution in [0.25, 0.3) is 0 Å². The van der Waals surface area contributed by atoms with Gasteiger partial charge in [-0.3, -0.25) is 19.2 Å². The van der Waals surface area contributed by atoms with Gasteiger partial charge in [0.15, 0.2) is 0 Å². The summed E-state index contributed by atoms with van der Waals surface area (Å²) in [6.07, 6.45) is 0.657. The molecule has 8 nitrogen and oxygen atoms in total. The minimum Gasteiger partial charge on any atom is -0.481 e. The average molecular weight is 370 g/mol. The first-order valence-corrected chi connectivity index (χ1v) is 8.43. The van der Waals surface area contributed by atoms with Gasteiger partial charge in [-0.15, -0.1) is 0 Å². The molecule has 0 spiro atoms. The van der Waals surface area contributed by atoms with Crippen LogP contribution in [0.3, 0.4) is 0 Å². The number of para-hydroxylation sites is 1. The molecule has 1 fully saturated rings. The van der Waals surface area contributed by atoms with Crippen LogP contribution in [0, 0.1) is 0 Å². The van der Waals surface area contributed by atoms with Gasteiger partial charge in [-0.1, -0.05) is 18.2 Å². The van der Waals surface area contributed by atoms with E-state index in [1.54, 1.807) is 42.5 Å². The Hall–Kier alpha value is -3.42. The maximum atomic E-state index is 12.9. The topological polar surface area (TPSA) is 108 Å². The zero-order chi connectivity index (χ0) is 19.4. The van der Waals surface area contributed by atoms with Gasteiger partial charge >= 0.3 is 5.97 Å². The van der Waals surface area contributed by atoms with Crippen LogP contribution in [-0.2, 0) is 25.7 Å². The molecule has 1 aromatic heterocycles. The second-order valence-electron chi connectivity index (χ2n) is 6.12. The number of carbonyl (C=O) groups excluding carboxylic acids is 3. The zero-order valence-electron chi connectivity index (χ0n) is 14.4. The van der Waals surface area contributed by atoms with Gasteiger partial charge in [0.25, 0.3) is 5.91 Å². The highest BCUT2D eigenvalue weighted by Gasteiger charge is 2.44. The highest BCUT2D eigenvalue weighted by molar-refractivity contribution is 6.23. The summed E-state index contributed by atoms with van der Waals surface area (Å²) in [4.78, 5) is 51.0. The van der Waals surface area contributed by atoms with E-state index in [9.17, 15) is 19.2 Å². The highest BCUT2D eigenvalue weighted by Crippen LogP contribution is 2.27. The van der Waals surface area contributed by atoms with Gasteiger partial charge in [0.1, 0.15) is 11.8 Å². The van der Waals surface area contributed by atoms with Gasteiger partial charge < -0.3 is 14.4 Å². The van der Waals surface area contributed by atoms with Crippen LogP contribution in [0.1, 0.15) is 25.0 Å². The lowest BCUT2D eigenvalue weighted by Crippen LogP contribution is -2.45. The third-order valence-corrected chi connectivity index (χ3v) is 4.29. The van der Waals surface area contributed by atoms with Crippen LogP contribution in [0.15, 0.2) is 53.1 Å². The van der Waals surface area contributed by atoms with E-state index >= 15 is 0 Å².